The Hall–Kier alpha value is -1.85. The number of benzene rings is 1. The SMILES string of the molecule is O=C(CNCCn1cccn1)Nc1cccc(Cl)c1. The molecule has 0 atom stereocenters. The standard InChI is InChI=1S/C13H15ClN4O/c14-11-3-1-4-12(9-11)17-13(19)10-15-6-8-18-7-2-5-16-18/h1-5,7,9,15H,6,8,10H2,(H,17,19). The van der Waals surface area contributed by atoms with E-state index in [1.807, 2.05) is 16.9 Å². The van der Waals surface area contributed by atoms with Gasteiger partial charge in [-0.1, -0.05) is 17.7 Å². The second-order valence-electron chi connectivity index (χ2n) is 4.00. The van der Waals surface area contributed by atoms with E-state index in [4.69, 9.17) is 11.6 Å². The van der Waals surface area contributed by atoms with Crippen LogP contribution in [0.3, 0.4) is 0 Å². The molecule has 100 valence electrons. The van der Waals surface area contributed by atoms with E-state index in [1.165, 1.54) is 0 Å². The monoisotopic (exact) mass is 278 g/mol. The Bertz CT molecular complexity index is 527. The van der Waals surface area contributed by atoms with Crippen LogP contribution in [0, 0.1) is 0 Å². The van der Waals surface area contributed by atoms with Gasteiger partial charge in [-0.25, -0.2) is 0 Å². The molecule has 2 aromatic rings. The van der Waals surface area contributed by atoms with Crippen molar-refractivity contribution in [1.29, 1.82) is 0 Å². The zero-order valence-corrected chi connectivity index (χ0v) is 11.1. The van der Waals surface area contributed by atoms with E-state index in [1.54, 1.807) is 30.5 Å². The van der Waals surface area contributed by atoms with Gasteiger partial charge in [0.1, 0.15) is 0 Å². The van der Waals surface area contributed by atoms with Crippen molar-refractivity contribution in [2.75, 3.05) is 18.4 Å². The van der Waals surface area contributed by atoms with E-state index >= 15 is 0 Å². The van der Waals surface area contributed by atoms with E-state index in [0.29, 0.717) is 17.3 Å². The normalized spacial score (nSPS) is 10.4. The summed E-state index contributed by atoms with van der Waals surface area (Å²) in [7, 11) is 0. The number of amides is 1. The lowest BCUT2D eigenvalue weighted by atomic mass is 10.3. The van der Waals surface area contributed by atoms with Gasteiger partial charge in [-0.2, -0.15) is 5.10 Å². The van der Waals surface area contributed by atoms with Crippen LogP contribution in [0.5, 0.6) is 0 Å². The van der Waals surface area contributed by atoms with Crippen molar-refractivity contribution in [3.8, 4) is 0 Å². The van der Waals surface area contributed by atoms with Gasteiger partial charge < -0.3 is 10.6 Å². The van der Waals surface area contributed by atoms with Crippen LogP contribution in [0.15, 0.2) is 42.7 Å². The first-order valence-electron chi connectivity index (χ1n) is 5.97. The number of anilines is 1. The number of nitrogens with one attached hydrogen (secondary N) is 2. The molecule has 0 unspecified atom stereocenters. The predicted molar refractivity (Wildman–Crippen MR) is 75.2 cm³/mol. The van der Waals surface area contributed by atoms with Crippen molar-refractivity contribution < 1.29 is 4.79 Å². The van der Waals surface area contributed by atoms with Crippen LogP contribution in [0.1, 0.15) is 0 Å². The van der Waals surface area contributed by atoms with Gasteiger partial charge in [-0.05, 0) is 24.3 Å². The number of rotatable bonds is 6. The second-order valence-corrected chi connectivity index (χ2v) is 4.44. The molecule has 2 N–H and O–H groups in total. The van der Waals surface area contributed by atoms with Crippen molar-refractivity contribution in [3.63, 3.8) is 0 Å². The average molecular weight is 279 g/mol. The summed E-state index contributed by atoms with van der Waals surface area (Å²) in [5.74, 6) is -0.0947. The maximum atomic E-state index is 11.6. The lowest BCUT2D eigenvalue weighted by Gasteiger charge is -2.07. The molecule has 0 fully saturated rings. The number of hydrogen-bond acceptors (Lipinski definition) is 3. The van der Waals surface area contributed by atoms with Gasteiger partial charge in [0.15, 0.2) is 0 Å². The minimum Gasteiger partial charge on any atom is -0.325 e. The fraction of sp³-hybridized carbons (Fsp3) is 0.231. The van der Waals surface area contributed by atoms with Crippen LogP contribution in [-0.2, 0) is 11.3 Å². The first-order chi connectivity index (χ1) is 9.24. The quantitative estimate of drug-likeness (QED) is 0.792. The minimum atomic E-state index is -0.0947. The van der Waals surface area contributed by atoms with Gasteiger partial charge in [-0.15, -0.1) is 0 Å². The van der Waals surface area contributed by atoms with Crippen molar-refractivity contribution in [3.05, 3.63) is 47.7 Å². The molecule has 0 saturated heterocycles. The first kappa shape index (κ1) is 13.6. The highest BCUT2D eigenvalue weighted by Gasteiger charge is 2.02. The first-order valence-corrected chi connectivity index (χ1v) is 6.35. The van der Waals surface area contributed by atoms with Crippen LogP contribution in [0.2, 0.25) is 5.02 Å². The summed E-state index contributed by atoms with van der Waals surface area (Å²) in [6.07, 6.45) is 3.61. The highest BCUT2D eigenvalue weighted by molar-refractivity contribution is 6.30. The zero-order valence-electron chi connectivity index (χ0n) is 10.3. The Labute approximate surface area is 116 Å². The molecule has 1 amide bonds. The van der Waals surface area contributed by atoms with E-state index in [2.05, 4.69) is 15.7 Å². The summed E-state index contributed by atoms with van der Waals surface area (Å²) in [5, 5.41) is 10.5. The molecule has 2 rings (SSSR count). The van der Waals surface area contributed by atoms with Gasteiger partial charge >= 0.3 is 0 Å². The van der Waals surface area contributed by atoms with Crippen LogP contribution in [0.25, 0.3) is 0 Å². The van der Waals surface area contributed by atoms with Gasteiger partial charge in [0, 0.05) is 29.6 Å². The van der Waals surface area contributed by atoms with Crippen LogP contribution >= 0.6 is 11.6 Å². The van der Waals surface area contributed by atoms with Crippen LogP contribution < -0.4 is 10.6 Å². The third kappa shape index (κ3) is 4.73. The molecule has 6 heteroatoms. The second kappa shape index (κ2) is 6.92. The largest absolute Gasteiger partial charge is 0.325 e. The van der Waals surface area contributed by atoms with E-state index in [9.17, 15) is 4.79 Å². The summed E-state index contributed by atoms with van der Waals surface area (Å²) >= 11 is 5.84. The summed E-state index contributed by atoms with van der Waals surface area (Å²) in [6.45, 7) is 1.68. The number of carbonyl (C=O) groups excluding carboxylic acids is 1. The summed E-state index contributed by atoms with van der Waals surface area (Å²) in [6, 6.07) is 8.94. The summed E-state index contributed by atoms with van der Waals surface area (Å²) in [5.41, 5.74) is 0.700. The molecule has 0 radical (unpaired) electrons. The maximum Gasteiger partial charge on any atom is 0.238 e. The molecule has 1 aromatic heterocycles. The number of nitrogens with zero attached hydrogens (tertiary/aromatic N) is 2. The molecular formula is C13H15ClN4O. The zero-order chi connectivity index (χ0) is 13.5. The highest BCUT2D eigenvalue weighted by Crippen LogP contribution is 2.14. The number of hydrogen-bond donors (Lipinski definition) is 2. The van der Waals surface area contributed by atoms with Gasteiger partial charge in [0.25, 0.3) is 0 Å². The Morgan fingerprint density at radius 2 is 2.26 bits per heavy atom. The Kier molecular flexibility index (Phi) is 4.94. The smallest absolute Gasteiger partial charge is 0.238 e. The number of aromatic nitrogens is 2. The molecule has 0 bridgehead atoms. The Morgan fingerprint density at radius 3 is 3.00 bits per heavy atom. The minimum absolute atomic E-state index is 0.0947. The fourth-order valence-corrected chi connectivity index (χ4v) is 1.79. The lowest BCUT2D eigenvalue weighted by molar-refractivity contribution is -0.115. The predicted octanol–water partition coefficient (Wildman–Crippen LogP) is 1.76. The molecule has 5 nitrogen and oxygen atoms in total. The number of carbonyl (C=O) groups is 1. The van der Waals surface area contributed by atoms with Crippen LogP contribution in [0.4, 0.5) is 5.69 Å². The maximum absolute atomic E-state index is 11.6. The molecule has 19 heavy (non-hydrogen) atoms. The molecule has 0 aliphatic carbocycles. The van der Waals surface area contributed by atoms with Gasteiger partial charge in [0.05, 0.1) is 13.1 Å². The van der Waals surface area contributed by atoms with Crippen molar-refractivity contribution in [2.45, 2.75) is 6.54 Å². The van der Waals surface area contributed by atoms with E-state index in [0.717, 1.165) is 6.54 Å². The third-order valence-electron chi connectivity index (χ3n) is 2.47. The van der Waals surface area contributed by atoms with Crippen molar-refractivity contribution in [1.82, 2.24) is 15.1 Å². The third-order valence-corrected chi connectivity index (χ3v) is 2.71. The van der Waals surface area contributed by atoms with Crippen molar-refractivity contribution >= 4 is 23.2 Å². The Balaban J connectivity index is 1.67. The molecule has 0 spiro atoms. The highest BCUT2D eigenvalue weighted by atomic mass is 35.5. The van der Waals surface area contributed by atoms with Crippen molar-refractivity contribution in [2.24, 2.45) is 0 Å². The summed E-state index contributed by atoms with van der Waals surface area (Å²) in [4.78, 5) is 11.6. The molecule has 0 saturated carbocycles. The Morgan fingerprint density at radius 1 is 1.37 bits per heavy atom. The molecule has 0 aliphatic heterocycles. The molecule has 1 heterocycles. The molecular weight excluding hydrogens is 264 g/mol. The fourth-order valence-electron chi connectivity index (χ4n) is 1.60. The molecule has 1 aromatic carbocycles. The lowest BCUT2D eigenvalue weighted by Crippen LogP contribution is -2.30. The van der Waals surface area contributed by atoms with Crippen LogP contribution in [-0.4, -0.2) is 28.8 Å². The number of halogens is 1. The van der Waals surface area contributed by atoms with Gasteiger partial charge in [0.2, 0.25) is 5.91 Å². The van der Waals surface area contributed by atoms with E-state index in [-0.39, 0.29) is 12.5 Å². The summed E-state index contributed by atoms with van der Waals surface area (Å²) < 4.78 is 1.81. The topological polar surface area (TPSA) is 59.0 Å². The van der Waals surface area contributed by atoms with E-state index < -0.39 is 0 Å². The van der Waals surface area contributed by atoms with Gasteiger partial charge in [-0.3, -0.25) is 9.48 Å². The average Bonchev–Trinajstić information content (AvgIpc) is 2.88. The molecule has 0 aliphatic rings.